The largest absolute Gasteiger partial charge is 0.492 e. The number of hydrogen-bond acceptors (Lipinski definition) is 17. The van der Waals surface area contributed by atoms with Crippen LogP contribution in [0.4, 0.5) is 31.5 Å². The smallest absolute Gasteiger partial charge is 0.410 e. The van der Waals surface area contributed by atoms with Gasteiger partial charge in [0, 0.05) is 68.7 Å². The highest BCUT2D eigenvalue weighted by Crippen LogP contribution is 2.32. The first-order valence-electron chi connectivity index (χ1n) is 23.3. The summed E-state index contributed by atoms with van der Waals surface area (Å²) in [6, 6.07) is 26.0. The molecule has 0 fully saturated rings. The van der Waals surface area contributed by atoms with Crippen LogP contribution in [0.15, 0.2) is 97.3 Å². The predicted molar refractivity (Wildman–Crippen MR) is 287 cm³/mol. The molecule has 0 aliphatic rings. The quantitative estimate of drug-likeness (QED) is 0.0533. The van der Waals surface area contributed by atoms with Crippen LogP contribution in [0, 0.1) is 13.8 Å². The summed E-state index contributed by atoms with van der Waals surface area (Å²) >= 11 is 3.13. The summed E-state index contributed by atoms with van der Waals surface area (Å²) in [4.78, 5) is 68.8. The molecule has 4 heterocycles. The molecular weight excluding hydrogens is 973 g/mol. The van der Waals surface area contributed by atoms with Crippen molar-refractivity contribution in [2.24, 2.45) is 5.73 Å². The van der Waals surface area contributed by atoms with Crippen molar-refractivity contribution in [3.05, 3.63) is 109 Å². The number of anilines is 4. The molecule has 6 rings (SSSR count). The van der Waals surface area contributed by atoms with Gasteiger partial charge in [-0.3, -0.25) is 14.6 Å². The lowest BCUT2D eigenvalue weighted by molar-refractivity contribution is -0.142. The number of nitrogens with one attached hydrogen (secondary N) is 3. The fraction of sp³-hybridized carbons (Fsp3) is 0.385. The Kier molecular flexibility index (Phi) is 21.9. The molecule has 21 heteroatoms. The standard InChI is InChI=1S/C26H33N5O4S.C17H18N4OS.C9H17NO4/c1-17-14-20(34-13-12-27-23(32)18(2)31(6)25(33)35-26(3,4)5)15-22(29-17)30-24-28-16-21(36-24)19-10-8-7-9-11-19;1-12-9-14(22-8-7-18)10-16(20-12)21-17-19-11-15(23-17)13-5-3-2-4-6-13;1-6(7(11)12)10(5)8(13)14-9(2,3)4/h7-11,14-16,18H,12-13H2,1-6H3,(H,27,32)(H,28,29,30);2-6,9-11H,7-8,18H2,1H3,(H,19,20,21);6H,1-5H3,(H,11,12)/t18-;;6-/m0.1/s1. The molecule has 0 radical (unpaired) electrons. The van der Waals surface area contributed by atoms with Gasteiger partial charge in [0.25, 0.3) is 0 Å². The molecule has 392 valence electrons. The summed E-state index contributed by atoms with van der Waals surface area (Å²) in [5.41, 5.74) is 8.16. The molecule has 0 bridgehead atoms. The maximum absolute atomic E-state index is 12.4. The maximum atomic E-state index is 12.4. The predicted octanol–water partition coefficient (Wildman–Crippen LogP) is 9.93. The fourth-order valence-electron chi connectivity index (χ4n) is 5.92. The van der Waals surface area contributed by atoms with E-state index in [2.05, 4.69) is 48.0 Å². The molecule has 6 aromatic rings. The average Bonchev–Trinajstić information content (AvgIpc) is 4.01. The molecule has 0 saturated carbocycles. The number of hydrogen-bond donors (Lipinski definition) is 5. The topological polar surface area (TPSA) is 246 Å². The van der Waals surface area contributed by atoms with Crippen LogP contribution in [0.1, 0.15) is 66.8 Å². The van der Waals surface area contributed by atoms with E-state index in [1.165, 1.54) is 37.3 Å². The number of aryl methyl sites for hydroxylation is 2. The number of nitrogens with two attached hydrogens (primary N) is 1. The molecule has 2 aromatic carbocycles. The van der Waals surface area contributed by atoms with Crippen molar-refractivity contribution < 1.29 is 43.2 Å². The summed E-state index contributed by atoms with van der Waals surface area (Å²) in [6.07, 6.45) is 2.51. The number of likely N-dealkylation sites (N-methyl/N-ethyl adjacent to an activating group) is 2. The summed E-state index contributed by atoms with van der Waals surface area (Å²) in [7, 11) is 2.93. The van der Waals surface area contributed by atoms with Gasteiger partial charge >= 0.3 is 18.2 Å². The highest BCUT2D eigenvalue weighted by Gasteiger charge is 2.28. The van der Waals surface area contributed by atoms with Gasteiger partial charge in [0.05, 0.1) is 16.3 Å². The number of nitrogens with zero attached hydrogens (tertiary/aromatic N) is 6. The van der Waals surface area contributed by atoms with E-state index in [0.29, 0.717) is 30.5 Å². The Labute approximate surface area is 435 Å². The van der Waals surface area contributed by atoms with Gasteiger partial charge in [-0.2, -0.15) is 0 Å². The summed E-state index contributed by atoms with van der Waals surface area (Å²) in [6.45, 7) is 18.9. The molecular formula is C52H68N10O9S2. The number of amides is 3. The molecule has 0 aliphatic carbocycles. The number of aromatic nitrogens is 4. The zero-order valence-electron chi connectivity index (χ0n) is 43.5. The normalized spacial score (nSPS) is 11.7. The van der Waals surface area contributed by atoms with Crippen LogP contribution in [0.2, 0.25) is 0 Å². The molecule has 4 aromatic heterocycles. The Hall–Kier alpha value is -7.36. The molecule has 2 atom stereocenters. The average molecular weight is 1040 g/mol. The van der Waals surface area contributed by atoms with Crippen molar-refractivity contribution in [2.75, 3.05) is 51.0 Å². The van der Waals surface area contributed by atoms with Crippen LogP contribution in [-0.4, -0.2) is 123 Å². The second-order valence-corrected chi connectivity index (χ2v) is 20.4. The lowest BCUT2D eigenvalue weighted by Gasteiger charge is -2.28. The lowest BCUT2D eigenvalue weighted by Crippen LogP contribution is -2.48. The summed E-state index contributed by atoms with van der Waals surface area (Å²) in [5, 5.41) is 19.4. The van der Waals surface area contributed by atoms with E-state index >= 15 is 0 Å². The van der Waals surface area contributed by atoms with Crippen LogP contribution < -0.4 is 31.2 Å². The Morgan fingerprint density at radius 2 is 1.07 bits per heavy atom. The minimum absolute atomic E-state index is 0.257. The number of rotatable bonds is 17. The van der Waals surface area contributed by atoms with Crippen molar-refractivity contribution in [3.8, 4) is 32.4 Å². The molecule has 0 spiro atoms. The maximum Gasteiger partial charge on any atom is 0.410 e. The monoisotopic (exact) mass is 1040 g/mol. The fourth-order valence-corrected chi connectivity index (χ4v) is 7.57. The molecule has 73 heavy (non-hydrogen) atoms. The van der Waals surface area contributed by atoms with Crippen LogP contribution in [0.5, 0.6) is 11.5 Å². The van der Waals surface area contributed by atoms with Gasteiger partial charge in [0.2, 0.25) is 5.91 Å². The van der Waals surface area contributed by atoms with Gasteiger partial charge in [-0.15, -0.1) is 0 Å². The number of aliphatic carboxylic acids is 1. The second-order valence-electron chi connectivity index (χ2n) is 18.3. The van der Waals surface area contributed by atoms with E-state index in [0.717, 1.165) is 53.2 Å². The number of carboxylic acids is 1. The third kappa shape index (κ3) is 20.4. The van der Waals surface area contributed by atoms with E-state index in [-0.39, 0.29) is 19.1 Å². The van der Waals surface area contributed by atoms with Crippen molar-refractivity contribution >= 4 is 68.6 Å². The number of thiazole rings is 2. The minimum Gasteiger partial charge on any atom is -0.492 e. The van der Waals surface area contributed by atoms with E-state index in [4.69, 9.17) is 29.8 Å². The molecule has 3 amide bonds. The highest BCUT2D eigenvalue weighted by molar-refractivity contribution is 7.19. The van der Waals surface area contributed by atoms with Crippen molar-refractivity contribution in [2.45, 2.75) is 92.5 Å². The third-order valence-electron chi connectivity index (χ3n) is 9.77. The summed E-state index contributed by atoms with van der Waals surface area (Å²) < 4.78 is 21.7. The first-order valence-corrected chi connectivity index (χ1v) is 25.0. The molecule has 19 nitrogen and oxygen atoms in total. The van der Waals surface area contributed by atoms with E-state index in [1.54, 1.807) is 65.9 Å². The number of carboxylic acid groups (broad SMARTS) is 1. The minimum atomic E-state index is -1.06. The number of ether oxygens (including phenoxy) is 4. The molecule has 0 aliphatic heterocycles. The number of pyridine rings is 2. The van der Waals surface area contributed by atoms with Crippen LogP contribution >= 0.6 is 22.7 Å². The van der Waals surface area contributed by atoms with Crippen LogP contribution in [-0.2, 0) is 19.1 Å². The lowest BCUT2D eigenvalue weighted by atomic mass is 10.2. The van der Waals surface area contributed by atoms with Gasteiger partial charge in [-0.1, -0.05) is 83.3 Å². The van der Waals surface area contributed by atoms with Crippen LogP contribution in [0.3, 0.4) is 0 Å². The van der Waals surface area contributed by atoms with Gasteiger partial charge < -0.3 is 45.7 Å². The Balaban J connectivity index is 0.000000266. The molecule has 0 saturated heterocycles. The second kappa shape index (κ2) is 27.5. The SMILES string of the molecule is C[C@H](C(=O)O)N(C)C(=O)OC(C)(C)C.Cc1cc(OCCN)cc(Nc2ncc(-c3ccccc3)s2)n1.Cc1cc(OCCNC(=O)[C@H](C)N(C)C(=O)OC(C)(C)C)cc(Nc2ncc(-c3ccccc3)s2)n1. The Bertz CT molecular complexity index is 2710. The van der Waals surface area contributed by atoms with Crippen molar-refractivity contribution in [1.29, 1.82) is 0 Å². The third-order valence-corrected chi connectivity index (χ3v) is 11.7. The van der Waals surface area contributed by atoms with Gasteiger partial charge in [-0.25, -0.2) is 34.3 Å². The van der Waals surface area contributed by atoms with Gasteiger partial charge in [0.15, 0.2) is 10.3 Å². The van der Waals surface area contributed by atoms with E-state index < -0.39 is 41.4 Å². The number of carbonyl (C=O) groups is 4. The molecule has 6 N–H and O–H groups in total. The first-order chi connectivity index (χ1) is 34.4. The van der Waals surface area contributed by atoms with Crippen molar-refractivity contribution in [3.63, 3.8) is 0 Å². The van der Waals surface area contributed by atoms with Crippen molar-refractivity contribution in [1.82, 2.24) is 35.1 Å². The first kappa shape index (κ1) is 58.2. The highest BCUT2D eigenvalue weighted by atomic mass is 32.1. The zero-order chi connectivity index (χ0) is 53.9. The van der Waals surface area contributed by atoms with E-state index in [1.807, 2.05) is 93.0 Å². The number of benzene rings is 2. The number of carbonyl (C=O) groups excluding carboxylic acids is 3. The van der Waals surface area contributed by atoms with E-state index in [9.17, 15) is 19.2 Å². The molecule has 0 unspecified atom stereocenters. The van der Waals surface area contributed by atoms with Gasteiger partial charge in [-0.05, 0) is 80.4 Å². The Morgan fingerprint density at radius 1 is 0.658 bits per heavy atom. The van der Waals surface area contributed by atoms with Gasteiger partial charge in [0.1, 0.15) is 59.6 Å². The van der Waals surface area contributed by atoms with Crippen LogP contribution in [0.25, 0.3) is 20.9 Å². The summed E-state index contributed by atoms with van der Waals surface area (Å²) in [5.74, 6) is 1.36. The Morgan fingerprint density at radius 3 is 1.47 bits per heavy atom. The zero-order valence-corrected chi connectivity index (χ0v) is 45.1.